The zero-order valence-corrected chi connectivity index (χ0v) is 10.8. The van der Waals surface area contributed by atoms with Crippen molar-refractivity contribution < 1.29 is 0 Å². The second kappa shape index (κ2) is 6.16. The third kappa shape index (κ3) is 3.30. The topological polar surface area (TPSA) is 56.8 Å². The van der Waals surface area contributed by atoms with Crippen LogP contribution >= 0.6 is 0 Å². The fourth-order valence-electron chi connectivity index (χ4n) is 1.76. The minimum atomic E-state index is 0.815. The summed E-state index contributed by atoms with van der Waals surface area (Å²) in [5, 5.41) is 3.10. The van der Waals surface area contributed by atoms with E-state index in [-0.39, 0.29) is 0 Å². The van der Waals surface area contributed by atoms with E-state index in [1.807, 2.05) is 38.6 Å². The van der Waals surface area contributed by atoms with Crippen LogP contribution in [0.1, 0.15) is 11.5 Å². The summed E-state index contributed by atoms with van der Waals surface area (Å²) in [5.41, 5.74) is 1.17. The molecule has 0 aliphatic heterocycles. The van der Waals surface area contributed by atoms with E-state index >= 15 is 0 Å². The number of aromatic amines is 1. The van der Waals surface area contributed by atoms with E-state index in [9.17, 15) is 0 Å². The van der Waals surface area contributed by atoms with Crippen molar-refractivity contribution in [2.24, 2.45) is 0 Å². The maximum absolute atomic E-state index is 4.55. The van der Waals surface area contributed by atoms with Gasteiger partial charge in [-0.1, -0.05) is 0 Å². The Morgan fingerprint density at radius 2 is 2.28 bits per heavy atom. The number of likely N-dealkylation sites (N-methyl/N-ethyl adjacent to an activating group) is 1. The summed E-state index contributed by atoms with van der Waals surface area (Å²) in [6.07, 6.45) is 4.60. The van der Waals surface area contributed by atoms with Crippen LogP contribution in [0.5, 0.6) is 0 Å². The van der Waals surface area contributed by atoms with Gasteiger partial charge in [-0.05, 0) is 25.2 Å². The van der Waals surface area contributed by atoms with Crippen molar-refractivity contribution in [1.82, 2.24) is 20.3 Å². The molecule has 2 heterocycles. The molecule has 0 radical (unpaired) electrons. The first-order chi connectivity index (χ1) is 8.79. The minimum Gasteiger partial charge on any atom is -0.364 e. The average molecular weight is 245 g/mol. The van der Waals surface area contributed by atoms with Crippen LogP contribution in [0.2, 0.25) is 0 Å². The van der Waals surface area contributed by atoms with Crippen LogP contribution < -0.4 is 10.2 Å². The molecule has 0 atom stereocenters. The van der Waals surface area contributed by atoms with Crippen molar-refractivity contribution >= 4 is 5.82 Å². The zero-order chi connectivity index (χ0) is 12.8. The minimum absolute atomic E-state index is 0.815. The number of nitrogens with zero attached hydrogens (tertiary/aromatic N) is 3. The summed E-state index contributed by atoms with van der Waals surface area (Å²) in [5.74, 6) is 1.82. The Balaban J connectivity index is 2.03. The van der Waals surface area contributed by atoms with Gasteiger partial charge in [0.05, 0.1) is 6.54 Å². The van der Waals surface area contributed by atoms with Gasteiger partial charge in [0, 0.05) is 38.1 Å². The van der Waals surface area contributed by atoms with Gasteiger partial charge in [0.1, 0.15) is 11.6 Å². The molecule has 0 aromatic carbocycles. The maximum Gasteiger partial charge on any atom is 0.132 e. The zero-order valence-electron chi connectivity index (χ0n) is 10.8. The fourth-order valence-corrected chi connectivity index (χ4v) is 1.76. The second-order valence-corrected chi connectivity index (χ2v) is 4.24. The molecule has 5 heteroatoms. The summed E-state index contributed by atoms with van der Waals surface area (Å²) >= 11 is 0. The third-order valence-electron chi connectivity index (χ3n) is 2.75. The van der Waals surface area contributed by atoms with Crippen molar-refractivity contribution in [2.75, 3.05) is 25.5 Å². The number of H-pyrrole nitrogens is 1. The van der Waals surface area contributed by atoms with E-state index in [2.05, 4.69) is 31.2 Å². The SMILES string of the molecule is CNCCc1nccc(N(C)Cc2ccc[nH]2)n1. The van der Waals surface area contributed by atoms with Gasteiger partial charge in [0.15, 0.2) is 0 Å². The van der Waals surface area contributed by atoms with E-state index in [1.165, 1.54) is 5.69 Å². The number of aromatic nitrogens is 3. The Morgan fingerprint density at radius 3 is 3.00 bits per heavy atom. The highest BCUT2D eigenvalue weighted by atomic mass is 15.2. The van der Waals surface area contributed by atoms with Gasteiger partial charge in [-0.2, -0.15) is 0 Å². The van der Waals surface area contributed by atoms with Crippen LogP contribution in [0.3, 0.4) is 0 Å². The molecule has 2 N–H and O–H groups in total. The molecule has 96 valence electrons. The van der Waals surface area contributed by atoms with Crippen LogP contribution in [0.25, 0.3) is 0 Å². The monoisotopic (exact) mass is 245 g/mol. The molecule has 0 unspecified atom stereocenters. The van der Waals surface area contributed by atoms with Crippen LogP contribution in [-0.2, 0) is 13.0 Å². The van der Waals surface area contributed by atoms with Crippen LogP contribution in [0.15, 0.2) is 30.6 Å². The molecule has 0 spiro atoms. The van der Waals surface area contributed by atoms with Crippen LogP contribution in [0.4, 0.5) is 5.82 Å². The first-order valence-corrected chi connectivity index (χ1v) is 6.09. The Hall–Kier alpha value is -1.88. The van der Waals surface area contributed by atoms with Crippen molar-refractivity contribution in [3.63, 3.8) is 0 Å². The van der Waals surface area contributed by atoms with Gasteiger partial charge in [0.2, 0.25) is 0 Å². The molecule has 2 aromatic rings. The molecular weight excluding hydrogens is 226 g/mol. The molecule has 0 saturated carbocycles. The fraction of sp³-hybridized carbons (Fsp3) is 0.385. The molecule has 2 rings (SSSR count). The highest BCUT2D eigenvalue weighted by Gasteiger charge is 2.05. The summed E-state index contributed by atoms with van der Waals surface area (Å²) in [6.45, 7) is 1.71. The predicted octanol–water partition coefficient (Wildman–Crippen LogP) is 1.20. The summed E-state index contributed by atoms with van der Waals surface area (Å²) in [6, 6.07) is 6.01. The van der Waals surface area contributed by atoms with Gasteiger partial charge >= 0.3 is 0 Å². The number of hydrogen-bond donors (Lipinski definition) is 2. The van der Waals surface area contributed by atoms with Gasteiger partial charge in [-0.3, -0.25) is 0 Å². The number of nitrogens with one attached hydrogen (secondary N) is 2. The average Bonchev–Trinajstić information content (AvgIpc) is 2.89. The molecule has 0 saturated heterocycles. The summed E-state index contributed by atoms with van der Waals surface area (Å²) in [7, 11) is 3.96. The highest BCUT2D eigenvalue weighted by molar-refractivity contribution is 5.36. The van der Waals surface area contributed by atoms with Crippen LogP contribution in [-0.4, -0.2) is 35.6 Å². The molecule has 0 bridgehead atoms. The molecular formula is C13H19N5. The third-order valence-corrected chi connectivity index (χ3v) is 2.75. The molecule has 5 nitrogen and oxygen atoms in total. The molecule has 0 aliphatic rings. The van der Waals surface area contributed by atoms with Crippen molar-refractivity contribution in [2.45, 2.75) is 13.0 Å². The van der Waals surface area contributed by atoms with Gasteiger partial charge in [-0.25, -0.2) is 9.97 Å². The lowest BCUT2D eigenvalue weighted by Gasteiger charge is -2.17. The first-order valence-electron chi connectivity index (χ1n) is 6.09. The Kier molecular flexibility index (Phi) is 4.30. The first kappa shape index (κ1) is 12.6. The lowest BCUT2D eigenvalue weighted by molar-refractivity contribution is 0.749. The second-order valence-electron chi connectivity index (χ2n) is 4.24. The smallest absolute Gasteiger partial charge is 0.132 e. The molecule has 18 heavy (non-hydrogen) atoms. The van der Waals surface area contributed by atoms with E-state index in [0.717, 1.165) is 31.2 Å². The normalized spacial score (nSPS) is 10.6. The number of anilines is 1. The van der Waals surface area contributed by atoms with Gasteiger partial charge in [-0.15, -0.1) is 0 Å². The Labute approximate surface area is 107 Å². The lowest BCUT2D eigenvalue weighted by Crippen LogP contribution is -2.19. The maximum atomic E-state index is 4.55. The summed E-state index contributed by atoms with van der Waals surface area (Å²) < 4.78 is 0. The Morgan fingerprint density at radius 1 is 1.39 bits per heavy atom. The summed E-state index contributed by atoms with van der Waals surface area (Å²) in [4.78, 5) is 14.1. The van der Waals surface area contributed by atoms with E-state index in [4.69, 9.17) is 0 Å². The quantitative estimate of drug-likeness (QED) is 0.803. The highest BCUT2D eigenvalue weighted by Crippen LogP contribution is 2.11. The van der Waals surface area contributed by atoms with E-state index in [1.54, 1.807) is 0 Å². The Bertz CT molecular complexity index is 466. The van der Waals surface area contributed by atoms with Crippen molar-refractivity contribution in [3.05, 3.63) is 42.1 Å². The van der Waals surface area contributed by atoms with Crippen molar-refractivity contribution in [1.29, 1.82) is 0 Å². The molecule has 0 amide bonds. The number of rotatable bonds is 6. The van der Waals surface area contributed by atoms with Gasteiger partial charge in [0.25, 0.3) is 0 Å². The molecule has 0 aliphatic carbocycles. The van der Waals surface area contributed by atoms with Crippen molar-refractivity contribution in [3.8, 4) is 0 Å². The largest absolute Gasteiger partial charge is 0.364 e. The van der Waals surface area contributed by atoms with E-state index in [0.29, 0.717) is 0 Å². The lowest BCUT2D eigenvalue weighted by atomic mass is 10.3. The van der Waals surface area contributed by atoms with Gasteiger partial charge < -0.3 is 15.2 Å². The standard InChI is InChI=1S/C13H19N5/c1-14-8-5-12-16-9-6-13(17-12)18(2)10-11-4-3-7-15-11/h3-4,6-7,9,14-15H,5,8,10H2,1-2H3. The molecule has 2 aromatic heterocycles. The molecule has 0 fully saturated rings. The van der Waals surface area contributed by atoms with E-state index < -0.39 is 0 Å². The van der Waals surface area contributed by atoms with Crippen LogP contribution in [0, 0.1) is 0 Å². The number of hydrogen-bond acceptors (Lipinski definition) is 4. The predicted molar refractivity (Wildman–Crippen MR) is 72.6 cm³/mol.